The van der Waals surface area contributed by atoms with Crippen molar-refractivity contribution in [2.45, 2.75) is 13.3 Å². The van der Waals surface area contributed by atoms with Gasteiger partial charge in [0.2, 0.25) is 0 Å². The van der Waals surface area contributed by atoms with Gasteiger partial charge in [0, 0.05) is 50.9 Å². The predicted octanol–water partition coefficient (Wildman–Crippen LogP) is 1.13. The van der Waals surface area contributed by atoms with Crippen molar-refractivity contribution in [1.82, 2.24) is 4.90 Å². The summed E-state index contributed by atoms with van der Waals surface area (Å²) in [6.45, 7) is 6.02. The number of esters is 1. The van der Waals surface area contributed by atoms with Crippen molar-refractivity contribution in [2.24, 2.45) is 0 Å². The van der Waals surface area contributed by atoms with E-state index in [9.17, 15) is 4.79 Å². The molecule has 1 fully saturated rings. The van der Waals surface area contributed by atoms with E-state index in [1.807, 2.05) is 6.07 Å². The van der Waals surface area contributed by atoms with Gasteiger partial charge in [0.25, 0.3) is 0 Å². The number of nitrogens with zero attached hydrogens (tertiary/aromatic N) is 2. The average molecular weight is 277 g/mol. The lowest BCUT2D eigenvalue weighted by molar-refractivity contribution is -0.140. The molecule has 1 aliphatic rings. The number of hydrogen-bond donors (Lipinski definition) is 1. The first-order chi connectivity index (χ1) is 9.56. The van der Waals surface area contributed by atoms with Gasteiger partial charge < -0.3 is 20.3 Å². The van der Waals surface area contributed by atoms with E-state index < -0.39 is 0 Å². The molecule has 2 N–H and O–H groups in total. The van der Waals surface area contributed by atoms with E-state index in [0.717, 1.165) is 37.4 Å². The molecule has 1 saturated heterocycles. The first kappa shape index (κ1) is 14.7. The molecule has 1 aromatic rings. The van der Waals surface area contributed by atoms with Crippen LogP contribution in [0.5, 0.6) is 0 Å². The maximum Gasteiger partial charge on any atom is 0.302 e. The molecule has 0 saturated carbocycles. The van der Waals surface area contributed by atoms with Crippen LogP contribution in [0.15, 0.2) is 18.2 Å². The Morgan fingerprint density at radius 1 is 1.30 bits per heavy atom. The quantitative estimate of drug-likeness (QED) is 0.660. The molecular formula is C15H23N3O2. The first-order valence-corrected chi connectivity index (χ1v) is 7.01. The largest absolute Gasteiger partial charge is 0.466 e. The van der Waals surface area contributed by atoms with Crippen LogP contribution >= 0.6 is 0 Å². The minimum atomic E-state index is -0.251. The maximum absolute atomic E-state index is 10.8. The second-order valence-electron chi connectivity index (χ2n) is 5.26. The number of carbonyl (C=O) groups is 1. The number of nitrogen functional groups attached to an aromatic ring is 1. The maximum atomic E-state index is 10.8. The molecule has 0 spiro atoms. The van der Waals surface area contributed by atoms with Gasteiger partial charge in [0.1, 0.15) is 0 Å². The van der Waals surface area contributed by atoms with Crippen LogP contribution in [-0.4, -0.2) is 50.7 Å². The zero-order valence-corrected chi connectivity index (χ0v) is 12.3. The molecule has 0 bridgehead atoms. The summed E-state index contributed by atoms with van der Waals surface area (Å²) in [5, 5.41) is 0. The highest BCUT2D eigenvalue weighted by Crippen LogP contribution is 2.22. The van der Waals surface area contributed by atoms with Gasteiger partial charge in [-0.15, -0.1) is 0 Å². The monoisotopic (exact) mass is 277 g/mol. The molecule has 5 heteroatoms. The number of piperazine rings is 1. The van der Waals surface area contributed by atoms with Crippen LogP contribution < -0.4 is 10.6 Å². The van der Waals surface area contributed by atoms with Crippen molar-refractivity contribution in [2.75, 3.05) is 50.5 Å². The van der Waals surface area contributed by atoms with Gasteiger partial charge in [-0.2, -0.15) is 0 Å². The lowest BCUT2D eigenvalue weighted by atomic mass is 10.1. The number of hydrogen-bond acceptors (Lipinski definition) is 5. The average Bonchev–Trinajstić information content (AvgIpc) is 2.41. The molecule has 1 heterocycles. The van der Waals surface area contributed by atoms with Crippen LogP contribution in [0.4, 0.5) is 11.4 Å². The van der Waals surface area contributed by atoms with Crippen LogP contribution in [-0.2, 0) is 16.0 Å². The highest BCUT2D eigenvalue weighted by Gasteiger charge is 2.15. The van der Waals surface area contributed by atoms with Crippen LogP contribution in [0.2, 0.25) is 0 Å². The van der Waals surface area contributed by atoms with E-state index in [0.29, 0.717) is 13.0 Å². The van der Waals surface area contributed by atoms with Crippen molar-refractivity contribution < 1.29 is 9.53 Å². The van der Waals surface area contributed by atoms with Gasteiger partial charge in [-0.05, 0) is 30.8 Å². The fraction of sp³-hybridized carbons (Fsp3) is 0.533. The minimum Gasteiger partial charge on any atom is -0.466 e. The molecule has 0 amide bonds. The van der Waals surface area contributed by atoms with Gasteiger partial charge in [-0.1, -0.05) is 0 Å². The number of rotatable bonds is 4. The Bertz CT molecular complexity index is 468. The van der Waals surface area contributed by atoms with E-state index in [2.05, 4.69) is 29.0 Å². The first-order valence-electron chi connectivity index (χ1n) is 7.01. The Morgan fingerprint density at radius 3 is 2.65 bits per heavy atom. The highest BCUT2D eigenvalue weighted by atomic mass is 16.5. The van der Waals surface area contributed by atoms with E-state index in [4.69, 9.17) is 10.5 Å². The second kappa shape index (κ2) is 6.61. The van der Waals surface area contributed by atoms with Crippen molar-refractivity contribution in [1.29, 1.82) is 0 Å². The van der Waals surface area contributed by atoms with Gasteiger partial charge >= 0.3 is 5.97 Å². The summed E-state index contributed by atoms with van der Waals surface area (Å²) in [4.78, 5) is 15.5. The highest BCUT2D eigenvalue weighted by molar-refractivity contribution is 5.66. The van der Waals surface area contributed by atoms with Crippen LogP contribution in [0.1, 0.15) is 12.5 Å². The SMILES string of the molecule is CC(=O)OCCc1cc(N2CCN(C)CC2)ccc1N. The van der Waals surface area contributed by atoms with Crippen LogP contribution in [0, 0.1) is 0 Å². The van der Waals surface area contributed by atoms with Crippen molar-refractivity contribution in [3.63, 3.8) is 0 Å². The molecule has 110 valence electrons. The van der Waals surface area contributed by atoms with Crippen molar-refractivity contribution in [3.05, 3.63) is 23.8 Å². The third-order valence-corrected chi connectivity index (χ3v) is 3.67. The van der Waals surface area contributed by atoms with Gasteiger partial charge in [0.15, 0.2) is 0 Å². The summed E-state index contributed by atoms with van der Waals surface area (Å²) in [6, 6.07) is 6.12. The smallest absolute Gasteiger partial charge is 0.302 e. The fourth-order valence-electron chi connectivity index (χ4n) is 2.37. The number of carbonyl (C=O) groups excluding carboxylic acids is 1. The standard InChI is InChI=1S/C15H23N3O2/c1-12(19)20-10-5-13-11-14(3-4-15(13)16)18-8-6-17(2)7-9-18/h3-4,11H,5-10,16H2,1-2H3. The zero-order chi connectivity index (χ0) is 14.5. The zero-order valence-electron chi connectivity index (χ0n) is 12.3. The van der Waals surface area contributed by atoms with Crippen LogP contribution in [0.25, 0.3) is 0 Å². The van der Waals surface area contributed by atoms with Crippen LogP contribution in [0.3, 0.4) is 0 Å². The summed E-state index contributed by atoms with van der Waals surface area (Å²) in [5.41, 5.74) is 8.99. The second-order valence-corrected chi connectivity index (χ2v) is 5.26. The number of ether oxygens (including phenoxy) is 1. The van der Waals surface area contributed by atoms with E-state index in [1.165, 1.54) is 12.6 Å². The Morgan fingerprint density at radius 2 is 2.00 bits per heavy atom. The van der Waals surface area contributed by atoms with Gasteiger partial charge in [-0.25, -0.2) is 0 Å². The molecule has 5 nitrogen and oxygen atoms in total. The Labute approximate surface area is 120 Å². The van der Waals surface area contributed by atoms with Gasteiger partial charge in [0.05, 0.1) is 6.61 Å². The summed E-state index contributed by atoms with van der Waals surface area (Å²) < 4.78 is 4.99. The third kappa shape index (κ3) is 3.87. The summed E-state index contributed by atoms with van der Waals surface area (Å²) in [7, 11) is 2.14. The minimum absolute atomic E-state index is 0.251. The number of benzene rings is 1. The van der Waals surface area contributed by atoms with E-state index >= 15 is 0 Å². The summed E-state index contributed by atoms with van der Waals surface area (Å²) in [5.74, 6) is -0.251. The Hall–Kier alpha value is -1.75. The fourth-order valence-corrected chi connectivity index (χ4v) is 2.37. The molecule has 0 unspecified atom stereocenters. The molecular weight excluding hydrogens is 254 g/mol. The number of nitrogens with two attached hydrogens (primary N) is 1. The molecule has 20 heavy (non-hydrogen) atoms. The molecule has 0 aliphatic carbocycles. The summed E-state index contributed by atoms with van der Waals surface area (Å²) >= 11 is 0. The predicted molar refractivity (Wildman–Crippen MR) is 80.9 cm³/mol. The summed E-state index contributed by atoms with van der Waals surface area (Å²) in [6.07, 6.45) is 0.660. The lowest BCUT2D eigenvalue weighted by Gasteiger charge is -2.34. The van der Waals surface area contributed by atoms with E-state index in [-0.39, 0.29) is 5.97 Å². The normalized spacial score (nSPS) is 16.2. The van der Waals surface area contributed by atoms with E-state index in [1.54, 1.807) is 0 Å². The Kier molecular flexibility index (Phi) is 4.84. The lowest BCUT2D eigenvalue weighted by Crippen LogP contribution is -2.44. The third-order valence-electron chi connectivity index (χ3n) is 3.67. The molecule has 0 atom stereocenters. The topological polar surface area (TPSA) is 58.8 Å². The molecule has 1 aliphatic heterocycles. The number of anilines is 2. The molecule has 2 rings (SSSR count). The van der Waals surface area contributed by atoms with Gasteiger partial charge in [-0.3, -0.25) is 4.79 Å². The number of likely N-dealkylation sites (N-methyl/N-ethyl adjacent to an activating group) is 1. The molecule has 0 radical (unpaired) electrons. The van der Waals surface area contributed by atoms with Crippen molar-refractivity contribution >= 4 is 17.3 Å². The Balaban J connectivity index is 2.02. The van der Waals surface area contributed by atoms with Crippen molar-refractivity contribution in [3.8, 4) is 0 Å². The molecule has 0 aromatic heterocycles. The molecule has 1 aromatic carbocycles.